The summed E-state index contributed by atoms with van der Waals surface area (Å²) in [6, 6.07) is 2.37. The third-order valence-electron chi connectivity index (χ3n) is 3.93. The molecule has 2 heterocycles. The fourth-order valence-corrected chi connectivity index (χ4v) is 2.92. The molecule has 0 saturated carbocycles. The van der Waals surface area contributed by atoms with Crippen molar-refractivity contribution in [3.8, 4) is 0 Å². The average Bonchev–Trinajstić information content (AvgIpc) is 2.45. The van der Waals surface area contributed by atoms with Gasteiger partial charge in [0.15, 0.2) is 0 Å². The molecule has 2 rings (SSSR count). The van der Waals surface area contributed by atoms with Crippen molar-refractivity contribution in [2.75, 3.05) is 19.6 Å². The molecule has 0 amide bonds. The standard InChI is InChI=1S/C15H24FN3/c1-3-7-19(15-5-4-6-17-11-15)12(2)13-8-14(16)10-18-9-13/h8-10,12,15,17H,3-7,11H2,1-2H3. The van der Waals surface area contributed by atoms with E-state index >= 15 is 0 Å². The molecule has 1 fully saturated rings. The maximum Gasteiger partial charge on any atom is 0.141 e. The van der Waals surface area contributed by atoms with Crippen LogP contribution in [0.2, 0.25) is 0 Å². The van der Waals surface area contributed by atoms with Crippen molar-refractivity contribution in [2.24, 2.45) is 0 Å². The number of nitrogens with zero attached hydrogens (tertiary/aromatic N) is 2. The minimum Gasteiger partial charge on any atom is -0.315 e. The molecule has 4 heteroatoms. The van der Waals surface area contributed by atoms with Gasteiger partial charge in [-0.15, -0.1) is 0 Å². The van der Waals surface area contributed by atoms with Crippen LogP contribution in [0.4, 0.5) is 4.39 Å². The number of rotatable bonds is 5. The monoisotopic (exact) mass is 265 g/mol. The van der Waals surface area contributed by atoms with Crippen molar-refractivity contribution >= 4 is 0 Å². The molecule has 0 spiro atoms. The molecule has 2 atom stereocenters. The second-order valence-electron chi connectivity index (χ2n) is 5.35. The van der Waals surface area contributed by atoms with Gasteiger partial charge in [-0.05, 0) is 50.9 Å². The molecule has 0 aliphatic carbocycles. The van der Waals surface area contributed by atoms with Crippen LogP contribution in [0.15, 0.2) is 18.5 Å². The lowest BCUT2D eigenvalue weighted by molar-refractivity contribution is 0.120. The van der Waals surface area contributed by atoms with Crippen molar-refractivity contribution in [1.82, 2.24) is 15.2 Å². The lowest BCUT2D eigenvalue weighted by Gasteiger charge is -2.38. The van der Waals surface area contributed by atoms with E-state index in [4.69, 9.17) is 0 Å². The van der Waals surface area contributed by atoms with Gasteiger partial charge >= 0.3 is 0 Å². The Kier molecular flexibility index (Phi) is 5.28. The first kappa shape index (κ1) is 14.4. The maximum absolute atomic E-state index is 13.3. The van der Waals surface area contributed by atoms with Gasteiger partial charge in [-0.2, -0.15) is 0 Å². The third kappa shape index (κ3) is 3.74. The summed E-state index contributed by atoms with van der Waals surface area (Å²) in [5.74, 6) is -0.248. The molecule has 0 bridgehead atoms. The van der Waals surface area contributed by atoms with Crippen LogP contribution in [0.25, 0.3) is 0 Å². The highest BCUT2D eigenvalue weighted by molar-refractivity contribution is 5.15. The van der Waals surface area contributed by atoms with E-state index in [0.29, 0.717) is 6.04 Å². The zero-order valence-electron chi connectivity index (χ0n) is 11.9. The van der Waals surface area contributed by atoms with Crippen molar-refractivity contribution in [2.45, 2.75) is 45.2 Å². The second-order valence-corrected chi connectivity index (χ2v) is 5.35. The Morgan fingerprint density at radius 2 is 2.37 bits per heavy atom. The summed E-state index contributed by atoms with van der Waals surface area (Å²) < 4.78 is 13.3. The van der Waals surface area contributed by atoms with Gasteiger partial charge in [0, 0.05) is 24.8 Å². The number of pyridine rings is 1. The number of halogens is 1. The molecule has 1 aromatic rings. The number of hydrogen-bond donors (Lipinski definition) is 1. The molecule has 1 aliphatic rings. The first-order valence-electron chi connectivity index (χ1n) is 7.29. The number of hydrogen-bond acceptors (Lipinski definition) is 3. The molecule has 3 nitrogen and oxygen atoms in total. The summed E-state index contributed by atoms with van der Waals surface area (Å²) in [6.45, 7) is 7.55. The van der Waals surface area contributed by atoms with Gasteiger partial charge in [-0.25, -0.2) is 4.39 Å². The highest BCUT2D eigenvalue weighted by Gasteiger charge is 2.25. The molecule has 2 unspecified atom stereocenters. The fourth-order valence-electron chi connectivity index (χ4n) is 2.92. The minimum absolute atomic E-state index is 0.216. The van der Waals surface area contributed by atoms with Crippen molar-refractivity contribution < 1.29 is 4.39 Å². The lowest BCUT2D eigenvalue weighted by atomic mass is 10.0. The smallest absolute Gasteiger partial charge is 0.141 e. The van der Waals surface area contributed by atoms with Gasteiger partial charge in [0.2, 0.25) is 0 Å². The quantitative estimate of drug-likeness (QED) is 0.887. The molecule has 1 saturated heterocycles. The highest BCUT2D eigenvalue weighted by atomic mass is 19.1. The van der Waals surface area contributed by atoms with Gasteiger partial charge in [0.05, 0.1) is 6.20 Å². The molecular formula is C15H24FN3. The average molecular weight is 265 g/mol. The number of piperidine rings is 1. The summed E-state index contributed by atoms with van der Waals surface area (Å²) >= 11 is 0. The Morgan fingerprint density at radius 3 is 3.00 bits per heavy atom. The Labute approximate surface area is 115 Å². The van der Waals surface area contributed by atoms with Crippen LogP contribution in [0, 0.1) is 5.82 Å². The van der Waals surface area contributed by atoms with E-state index in [2.05, 4.69) is 29.0 Å². The third-order valence-corrected chi connectivity index (χ3v) is 3.93. The first-order chi connectivity index (χ1) is 9.22. The minimum atomic E-state index is -0.248. The highest BCUT2D eigenvalue weighted by Crippen LogP contribution is 2.25. The Morgan fingerprint density at radius 1 is 1.53 bits per heavy atom. The van der Waals surface area contributed by atoms with E-state index in [1.807, 2.05) is 0 Å². The zero-order chi connectivity index (χ0) is 13.7. The van der Waals surface area contributed by atoms with E-state index in [1.165, 1.54) is 19.0 Å². The van der Waals surface area contributed by atoms with Crippen molar-refractivity contribution in [1.29, 1.82) is 0 Å². The van der Waals surface area contributed by atoms with Crippen molar-refractivity contribution in [3.05, 3.63) is 29.8 Å². The van der Waals surface area contributed by atoms with E-state index in [-0.39, 0.29) is 11.9 Å². The molecule has 1 aromatic heterocycles. The molecule has 106 valence electrons. The van der Waals surface area contributed by atoms with Crippen LogP contribution in [0.5, 0.6) is 0 Å². The van der Waals surface area contributed by atoms with Gasteiger partial charge in [0.1, 0.15) is 5.82 Å². The SMILES string of the molecule is CCCN(C1CCCNC1)C(C)c1cncc(F)c1. The zero-order valence-corrected chi connectivity index (χ0v) is 11.9. The Bertz CT molecular complexity index is 391. The summed E-state index contributed by atoms with van der Waals surface area (Å²) in [5, 5.41) is 3.46. The van der Waals surface area contributed by atoms with Crippen LogP contribution in [0.3, 0.4) is 0 Å². The Balaban J connectivity index is 2.12. The molecule has 1 N–H and O–H groups in total. The molecule has 0 radical (unpaired) electrons. The van der Waals surface area contributed by atoms with Gasteiger partial charge < -0.3 is 5.32 Å². The largest absolute Gasteiger partial charge is 0.315 e. The van der Waals surface area contributed by atoms with E-state index in [1.54, 1.807) is 12.3 Å². The van der Waals surface area contributed by atoms with Crippen LogP contribution < -0.4 is 5.32 Å². The normalized spacial score (nSPS) is 21.6. The Hall–Kier alpha value is -1.00. The van der Waals surface area contributed by atoms with Crippen LogP contribution in [-0.2, 0) is 0 Å². The molecule has 0 aromatic carbocycles. The molecular weight excluding hydrogens is 241 g/mol. The van der Waals surface area contributed by atoms with Gasteiger partial charge in [0.25, 0.3) is 0 Å². The summed E-state index contributed by atoms with van der Waals surface area (Å²) in [5.41, 5.74) is 0.971. The summed E-state index contributed by atoms with van der Waals surface area (Å²) in [7, 11) is 0. The first-order valence-corrected chi connectivity index (χ1v) is 7.29. The van der Waals surface area contributed by atoms with Crippen molar-refractivity contribution in [3.63, 3.8) is 0 Å². The second kappa shape index (κ2) is 6.96. The fraction of sp³-hybridized carbons (Fsp3) is 0.667. The van der Waals surface area contributed by atoms with Crippen LogP contribution in [0.1, 0.15) is 44.7 Å². The summed E-state index contributed by atoms with van der Waals surface area (Å²) in [4.78, 5) is 6.46. The lowest BCUT2D eigenvalue weighted by Crippen LogP contribution is -2.47. The van der Waals surface area contributed by atoms with Crippen LogP contribution >= 0.6 is 0 Å². The number of nitrogens with one attached hydrogen (secondary N) is 1. The topological polar surface area (TPSA) is 28.2 Å². The predicted molar refractivity (Wildman–Crippen MR) is 75.5 cm³/mol. The number of aromatic nitrogens is 1. The van der Waals surface area contributed by atoms with Gasteiger partial charge in [-0.3, -0.25) is 9.88 Å². The summed E-state index contributed by atoms with van der Waals surface area (Å²) in [6.07, 6.45) is 6.61. The maximum atomic E-state index is 13.3. The molecule has 1 aliphatic heterocycles. The van der Waals surface area contributed by atoms with E-state index < -0.39 is 0 Å². The van der Waals surface area contributed by atoms with E-state index in [9.17, 15) is 4.39 Å². The van der Waals surface area contributed by atoms with Crippen LogP contribution in [-0.4, -0.2) is 35.6 Å². The predicted octanol–water partition coefficient (Wildman–Crippen LogP) is 2.75. The molecule has 19 heavy (non-hydrogen) atoms. The van der Waals surface area contributed by atoms with E-state index in [0.717, 1.165) is 31.6 Å². The van der Waals surface area contributed by atoms with Gasteiger partial charge in [-0.1, -0.05) is 6.92 Å².